The molecule has 0 spiro atoms. The topological polar surface area (TPSA) is 55.1 Å². The van der Waals surface area contributed by atoms with Crippen molar-refractivity contribution in [1.82, 2.24) is 5.32 Å². The number of carbonyl (C=O) groups is 1. The Labute approximate surface area is 114 Å². The monoisotopic (exact) mass is 268 g/mol. The van der Waals surface area contributed by atoms with Crippen molar-refractivity contribution >= 4 is 17.5 Å². The molecular weight excluding hydrogens is 248 g/mol. The Kier molecular flexibility index (Phi) is 6.16. The summed E-state index contributed by atoms with van der Waals surface area (Å²) >= 11 is 5.82. The molecule has 4 heteroatoms. The van der Waals surface area contributed by atoms with Crippen molar-refractivity contribution in [3.8, 4) is 0 Å². The van der Waals surface area contributed by atoms with Gasteiger partial charge in [-0.25, -0.2) is 0 Å². The molecule has 0 aliphatic carbocycles. The normalized spacial score (nSPS) is 14.0. The van der Waals surface area contributed by atoms with Crippen LogP contribution in [-0.2, 0) is 4.79 Å². The first kappa shape index (κ1) is 15.0. The maximum absolute atomic E-state index is 11.8. The molecule has 3 nitrogen and oxygen atoms in total. The standard InChI is InChI=1S/C14H21ClN2O/c1-3-4-13(16)9-14(18)17-10(2)11-5-7-12(15)8-6-11/h5-8,10,13H,3-4,9,16H2,1-2H3,(H,17,18)/t10-,13?/m1/s1. The molecule has 0 aromatic heterocycles. The van der Waals surface area contributed by atoms with Crippen molar-refractivity contribution in [2.24, 2.45) is 5.73 Å². The first-order chi connectivity index (χ1) is 8.52. The average Bonchev–Trinajstić information content (AvgIpc) is 2.29. The van der Waals surface area contributed by atoms with Gasteiger partial charge >= 0.3 is 0 Å². The summed E-state index contributed by atoms with van der Waals surface area (Å²) in [5.74, 6) is -0.00148. The Balaban J connectivity index is 2.46. The molecule has 2 atom stereocenters. The second kappa shape index (κ2) is 7.39. The fourth-order valence-corrected chi connectivity index (χ4v) is 1.97. The number of nitrogens with one attached hydrogen (secondary N) is 1. The first-order valence-electron chi connectivity index (χ1n) is 6.33. The average molecular weight is 269 g/mol. The molecule has 1 aromatic carbocycles. The van der Waals surface area contributed by atoms with E-state index in [1.54, 1.807) is 0 Å². The van der Waals surface area contributed by atoms with E-state index in [2.05, 4.69) is 12.2 Å². The Morgan fingerprint density at radius 2 is 2.00 bits per heavy atom. The molecule has 0 aliphatic rings. The van der Waals surface area contributed by atoms with Gasteiger partial charge in [0.1, 0.15) is 0 Å². The molecule has 0 radical (unpaired) electrons. The third-order valence-electron chi connectivity index (χ3n) is 2.85. The summed E-state index contributed by atoms with van der Waals surface area (Å²) in [5.41, 5.74) is 6.88. The van der Waals surface area contributed by atoms with E-state index in [4.69, 9.17) is 17.3 Å². The fraction of sp³-hybridized carbons (Fsp3) is 0.500. The minimum absolute atomic E-state index is 0.00148. The zero-order chi connectivity index (χ0) is 13.5. The number of nitrogens with two attached hydrogens (primary N) is 1. The number of hydrogen-bond donors (Lipinski definition) is 2. The van der Waals surface area contributed by atoms with Gasteiger partial charge in [0.05, 0.1) is 6.04 Å². The van der Waals surface area contributed by atoms with Gasteiger partial charge in [0.2, 0.25) is 5.91 Å². The number of amides is 1. The van der Waals surface area contributed by atoms with Crippen molar-refractivity contribution < 1.29 is 4.79 Å². The highest BCUT2D eigenvalue weighted by atomic mass is 35.5. The largest absolute Gasteiger partial charge is 0.350 e. The smallest absolute Gasteiger partial charge is 0.222 e. The summed E-state index contributed by atoms with van der Waals surface area (Å²) in [6.07, 6.45) is 2.26. The van der Waals surface area contributed by atoms with E-state index in [1.165, 1.54) is 0 Å². The molecule has 0 bridgehead atoms. The third kappa shape index (κ3) is 5.07. The molecular formula is C14H21ClN2O. The summed E-state index contributed by atoms with van der Waals surface area (Å²) < 4.78 is 0. The number of rotatable bonds is 6. The Morgan fingerprint density at radius 3 is 2.56 bits per heavy atom. The second-order valence-corrected chi connectivity index (χ2v) is 5.03. The summed E-state index contributed by atoms with van der Waals surface area (Å²) in [4.78, 5) is 11.8. The maximum atomic E-state index is 11.8. The van der Waals surface area contributed by atoms with Crippen LogP contribution in [-0.4, -0.2) is 11.9 Å². The molecule has 1 rings (SSSR count). The van der Waals surface area contributed by atoms with Crippen molar-refractivity contribution in [1.29, 1.82) is 0 Å². The van der Waals surface area contributed by atoms with Crippen LogP contribution in [0.4, 0.5) is 0 Å². The van der Waals surface area contributed by atoms with Gasteiger partial charge in [-0.3, -0.25) is 4.79 Å². The molecule has 0 heterocycles. The minimum atomic E-state index is -0.0487. The van der Waals surface area contributed by atoms with Crippen LogP contribution in [0.5, 0.6) is 0 Å². The van der Waals surface area contributed by atoms with Gasteiger partial charge < -0.3 is 11.1 Å². The van der Waals surface area contributed by atoms with E-state index >= 15 is 0 Å². The first-order valence-corrected chi connectivity index (χ1v) is 6.71. The lowest BCUT2D eigenvalue weighted by Gasteiger charge is -2.16. The summed E-state index contributed by atoms with van der Waals surface area (Å²) in [6.45, 7) is 4.01. The fourth-order valence-electron chi connectivity index (χ4n) is 1.85. The molecule has 0 aliphatic heterocycles. The lowest BCUT2D eigenvalue weighted by Crippen LogP contribution is -2.33. The predicted molar refractivity (Wildman–Crippen MR) is 75.5 cm³/mol. The highest BCUT2D eigenvalue weighted by Gasteiger charge is 2.12. The Morgan fingerprint density at radius 1 is 1.39 bits per heavy atom. The molecule has 1 aromatic rings. The molecule has 1 amide bonds. The van der Waals surface area contributed by atoms with Crippen LogP contribution in [0, 0.1) is 0 Å². The van der Waals surface area contributed by atoms with Crippen molar-refractivity contribution in [2.75, 3.05) is 0 Å². The van der Waals surface area contributed by atoms with E-state index in [-0.39, 0.29) is 18.0 Å². The quantitative estimate of drug-likeness (QED) is 0.833. The molecule has 100 valence electrons. The Hall–Kier alpha value is -1.06. The Bertz CT molecular complexity index is 378. The van der Waals surface area contributed by atoms with Crippen molar-refractivity contribution in [2.45, 2.75) is 45.2 Å². The number of hydrogen-bond acceptors (Lipinski definition) is 2. The zero-order valence-corrected chi connectivity index (χ0v) is 11.7. The van der Waals surface area contributed by atoms with Crippen LogP contribution in [0.1, 0.15) is 44.7 Å². The van der Waals surface area contributed by atoms with Gasteiger partial charge in [-0.15, -0.1) is 0 Å². The predicted octanol–water partition coefficient (Wildman–Crippen LogP) is 3.03. The number of carbonyl (C=O) groups excluding carboxylic acids is 1. The van der Waals surface area contributed by atoms with E-state index in [0.29, 0.717) is 11.4 Å². The van der Waals surface area contributed by atoms with E-state index in [9.17, 15) is 4.79 Å². The minimum Gasteiger partial charge on any atom is -0.350 e. The second-order valence-electron chi connectivity index (χ2n) is 4.59. The SMILES string of the molecule is CCCC(N)CC(=O)N[C@H](C)c1ccc(Cl)cc1. The maximum Gasteiger partial charge on any atom is 0.222 e. The summed E-state index contributed by atoms with van der Waals surface area (Å²) in [6, 6.07) is 7.40. The molecule has 3 N–H and O–H groups in total. The van der Waals surface area contributed by atoms with Crippen LogP contribution >= 0.6 is 11.6 Å². The van der Waals surface area contributed by atoms with Crippen LogP contribution in [0.2, 0.25) is 5.02 Å². The van der Waals surface area contributed by atoms with Crippen molar-refractivity contribution in [3.63, 3.8) is 0 Å². The van der Waals surface area contributed by atoms with Crippen LogP contribution < -0.4 is 11.1 Å². The van der Waals surface area contributed by atoms with Gasteiger partial charge in [0.15, 0.2) is 0 Å². The summed E-state index contributed by atoms with van der Waals surface area (Å²) in [7, 11) is 0. The highest BCUT2D eigenvalue weighted by Crippen LogP contribution is 2.16. The van der Waals surface area contributed by atoms with Crippen LogP contribution in [0.3, 0.4) is 0 Å². The van der Waals surface area contributed by atoms with Gasteiger partial charge in [0, 0.05) is 17.5 Å². The molecule has 0 fully saturated rings. The molecule has 0 saturated carbocycles. The number of benzene rings is 1. The molecule has 0 saturated heterocycles. The highest BCUT2D eigenvalue weighted by molar-refractivity contribution is 6.30. The van der Waals surface area contributed by atoms with E-state index < -0.39 is 0 Å². The lowest BCUT2D eigenvalue weighted by molar-refractivity contribution is -0.122. The lowest BCUT2D eigenvalue weighted by atomic mass is 10.1. The van der Waals surface area contributed by atoms with Gasteiger partial charge in [0.25, 0.3) is 0 Å². The van der Waals surface area contributed by atoms with E-state index in [0.717, 1.165) is 18.4 Å². The van der Waals surface area contributed by atoms with Crippen LogP contribution in [0.25, 0.3) is 0 Å². The van der Waals surface area contributed by atoms with Crippen molar-refractivity contribution in [3.05, 3.63) is 34.9 Å². The summed E-state index contributed by atoms with van der Waals surface area (Å²) in [5, 5.41) is 3.64. The zero-order valence-electron chi connectivity index (χ0n) is 10.9. The van der Waals surface area contributed by atoms with Crippen LogP contribution in [0.15, 0.2) is 24.3 Å². The molecule has 18 heavy (non-hydrogen) atoms. The molecule has 1 unspecified atom stereocenters. The number of halogens is 1. The van der Waals surface area contributed by atoms with Gasteiger partial charge in [-0.05, 0) is 31.0 Å². The third-order valence-corrected chi connectivity index (χ3v) is 3.11. The van der Waals surface area contributed by atoms with Gasteiger partial charge in [-0.1, -0.05) is 37.1 Å². The van der Waals surface area contributed by atoms with E-state index in [1.807, 2.05) is 31.2 Å². The van der Waals surface area contributed by atoms with Gasteiger partial charge in [-0.2, -0.15) is 0 Å².